The van der Waals surface area contributed by atoms with Gasteiger partial charge in [-0.25, -0.2) is 8.78 Å². The highest BCUT2D eigenvalue weighted by Gasteiger charge is 2.30. The van der Waals surface area contributed by atoms with Gasteiger partial charge in [0.1, 0.15) is 11.6 Å². The van der Waals surface area contributed by atoms with Crippen LogP contribution in [0.5, 0.6) is 0 Å². The van der Waals surface area contributed by atoms with Crippen LogP contribution in [0, 0.1) is 11.6 Å². The van der Waals surface area contributed by atoms with Gasteiger partial charge in [0.25, 0.3) is 0 Å². The Labute approximate surface area is 109 Å². The first kappa shape index (κ1) is 13.6. The van der Waals surface area contributed by atoms with E-state index in [1.54, 1.807) is 0 Å². The van der Waals surface area contributed by atoms with Crippen molar-refractivity contribution in [2.24, 2.45) is 5.73 Å². The largest absolute Gasteiger partial charge is 0.337 e. The summed E-state index contributed by atoms with van der Waals surface area (Å²) in [4.78, 5) is 4.14. The monoisotopic (exact) mass is 267 g/mol. The van der Waals surface area contributed by atoms with Crippen LogP contribution in [-0.4, -0.2) is 10.1 Å². The average molecular weight is 267 g/mol. The molecule has 0 aliphatic rings. The van der Waals surface area contributed by atoms with Crippen LogP contribution in [0.2, 0.25) is 0 Å². The number of halogens is 2. The third-order valence-corrected chi connectivity index (χ3v) is 3.23. The highest BCUT2D eigenvalue weighted by atomic mass is 19.1. The van der Waals surface area contributed by atoms with E-state index in [9.17, 15) is 8.78 Å². The molecule has 4 nitrogen and oxygen atoms in total. The quantitative estimate of drug-likeness (QED) is 0.924. The molecule has 2 N–H and O–H groups in total. The molecule has 0 unspecified atom stereocenters. The van der Waals surface area contributed by atoms with Gasteiger partial charge in [-0.15, -0.1) is 0 Å². The molecule has 0 amide bonds. The lowest BCUT2D eigenvalue weighted by Crippen LogP contribution is -2.35. The molecule has 102 valence electrons. The summed E-state index contributed by atoms with van der Waals surface area (Å²) >= 11 is 0. The highest BCUT2D eigenvalue weighted by Crippen LogP contribution is 2.26. The Morgan fingerprint density at radius 2 is 1.74 bits per heavy atom. The lowest BCUT2D eigenvalue weighted by atomic mass is 9.94. The van der Waals surface area contributed by atoms with Crippen molar-refractivity contribution < 1.29 is 13.3 Å². The van der Waals surface area contributed by atoms with E-state index in [2.05, 4.69) is 10.1 Å². The van der Waals surface area contributed by atoms with Gasteiger partial charge < -0.3 is 10.3 Å². The number of nitrogens with two attached hydrogens (primary N) is 1. The zero-order valence-corrected chi connectivity index (χ0v) is 10.8. The van der Waals surface area contributed by atoms with Gasteiger partial charge in [0.2, 0.25) is 11.7 Å². The van der Waals surface area contributed by atoms with E-state index in [1.807, 2.05) is 13.8 Å². The standard InChI is InChI=1S/C13H15F2N3O/c1-3-13(16,4-2)12-17-11(18-19-12)8-5-9(14)7-10(15)6-8/h5-7H,3-4,16H2,1-2H3. The normalized spacial score (nSPS) is 11.8. The Balaban J connectivity index is 2.40. The summed E-state index contributed by atoms with van der Waals surface area (Å²) in [6.07, 6.45) is 1.26. The van der Waals surface area contributed by atoms with Crippen molar-refractivity contribution in [1.29, 1.82) is 0 Å². The summed E-state index contributed by atoms with van der Waals surface area (Å²) in [5.41, 5.74) is 5.64. The van der Waals surface area contributed by atoms with Gasteiger partial charge in [-0.3, -0.25) is 0 Å². The van der Waals surface area contributed by atoms with Crippen molar-refractivity contribution in [3.8, 4) is 11.4 Å². The first-order valence-corrected chi connectivity index (χ1v) is 6.08. The predicted molar refractivity (Wildman–Crippen MR) is 66.1 cm³/mol. The van der Waals surface area contributed by atoms with Crippen LogP contribution in [0.1, 0.15) is 32.6 Å². The van der Waals surface area contributed by atoms with Crippen LogP contribution in [-0.2, 0) is 5.54 Å². The van der Waals surface area contributed by atoms with Crippen molar-refractivity contribution in [3.63, 3.8) is 0 Å². The van der Waals surface area contributed by atoms with Crippen molar-refractivity contribution in [2.45, 2.75) is 32.2 Å². The molecule has 19 heavy (non-hydrogen) atoms. The number of hydrogen-bond donors (Lipinski definition) is 1. The second-order valence-electron chi connectivity index (χ2n) is 4.44. The van der Waals surface area contributed by atoms with E-state index >= 15 is 0 Å². The molecular formula is C13H15F2N3O. The molecule has 0 bridgehead atoms. The van der Waals surface area contributed by atoms with Crippen LogP contribution in [0.3, 0.4) is 0 Å². The number of rotatable bonds is 4. The predicted octanol–water partition coefficient (Wildman–Crippen LogP) is 2.99. The fraction of sp³-hybridized carbons (Fsp3) is 0.385. The van der Waals surface area contributed by atoms with E-state index in [1.165, 1.54) is 0 Å². The number of nitrogens with zero attached hydrogens (tertiary/aromatic N) is 2. The molecule has 1 aromatic carbocycles. The first-order valence-electron chi connectivity index (χ1n) is 6.08. The smallest absolute Gasteiger partial charge is 0.247 e. The molecule has 0 radical (unpaired) electrons. The lowest BCUT2D eigenvalue weighted by molar-refractivity contribution is 0.268. The van der Waals surface area contributed by atoms with E-state index in [0.29, 0.717) is 12.8 Å². The van der Waals surface area contributed by atoms with Gasteiger partial charge in [0.05, 0.1) is 5.54 Å². The average Bonchev–Trinajstić information content (AvgIpc) is 2.87. The SMILES string of the molecule is CCC(N)(CC)c1nc(-c2cc(F)cc(F)c2)no1. The number of aromatic nitrogens is 2. The second kappa shape index (κ2) is 5.05. The summed E-state index contributed by atoms with van der Waals surface area (Å²) in [6.45, 7) is 3.82. The molecule has 2 aromatic rings. The van der Waals surface area contributed by atoms with Crippen LogP contribution in [0.4, 0.5) is 8.78 Å². The number of hydrogen-bond acceptors (Lipinski definition) is 4. The Bertz CT molecular complexity index is 559. The Kier molecular flexibility index (Phi) is 3.61. The highest BCUT2D eigenvalue weighted by molar-refractivity contribution is 5.54. The molecule has 0 aliphatic carbocycles. The molecule has 1 aromatic heterocycles. The van der Waals surface area contributed by atoms with Gasteiger partial charge in [-0.2, -0.15) is 4.98 Å². The maximum Gasteiger partial charge on any atom is 0.247 e. The molecule has 0 fully saturated rings. The van der Waals surface area contributed by atoms with E-state index in [0.717, 1.165) is 18.2 Å². The minimum Gasteiger partial charge on any atom is -0.337 e. The van der Waals surface area contributed by atoms with Gasteiger partial charge in [-0.05, 0) is 25.0 Å². The van der Waals surface area contributed by atoms with Crippen molar-refractivity contribution in [1.82, 2.24) is 10.1 Å². The van der Waals surface area contributed by atoms with Crippen molar-refractivity contribution in [3.05, 3.63) is 35.7 Å². The second-order valence-corrected chi connectivity index (χ2v) is 4.44. The number of benzene rings is 1. The Hall–Kier alpha value is -1.82. The zero-order valence-electron chi connectivity index (χ0n) is 10.8. The molecule has 6 heteroatoms. The molecular weight excluding hydrogens is 252 g/mol. The van der Waals surface area contributed by atoms with Crippen LogP contribution in [0.15, 0.2) is 22.7 Å². The molecule has 1 heterocycles. The van der Waals surface area contributed by atoms with Gasteiger partial charge in [0, 0.05) is 11.6 Å². The van der Waals surface area contributed by atoms with Crippen LogP contribution < -0.4 is 5.73 Å². The summed E-state index contributed by atoms with van der Waals surface area (Å²) in [6, 6.07) is 3.08. The van der Waals surface area contributed by atoms with Gasteiger partial charge >= 0.3 is 0 Å². The molecule has 0 atom stereocenters. The van der Waals surface area contributed by atoms with E-state index in [4.69, 9.17) is 10.3 Å². The summed E-state index contributed by atoms with van der Waals surface area (Å²) < 4.78 is 31.4. The molecule has 2 rings (SSSR count). The minimum absolute atomic E-state index is 0.130. The molecule has 0 saturated heterocycles. The maximum absolute atomic E-state index is 13.1. The third-order valence-electron chi connectivity index (χ3n) is 3.23. The maximum atomic E-state index is 13.1. The first-order chi connectivity index (χ1) is 8.98. The Morgan fingerprint density at radius 1 is 1.16 bits per heavy atom. The van der Waals surface area contributed by atoms with Crippen LogP contribution in [0.25, 0.3) is 11.4 Å². The lowest BCUT2D eigenvalue weighted by Gasteiger charge is -2.20. The zero-order chi connectivity index (χ0) is 14.0. The molecule has 0 saturated carbocycles. The van der Waals surface area contributed by atoms with Gasteiger partial charge in [-0.1, -0.05) is 19.0 Å². The topological polar surface area (TPSA) is 64.9 Å². The fourth-order valence-electron chi connectivity index (χ4n) is 1.78. The Morgan fingerprint density at radius 3 is 2.26 bits per heavy atom. The van der Waals surface area contributed by atoms with E-state index in [-0.39, 0.29) is 17.3 Å². The third kappa shape index (κ3) is 2.63. The fourth-order valence-corrected chi connectivity index (χ4v) is 1.78. The summed E-state index contributed by atoms with van der Waals surface area (Å²) in [5, 5.41) is 3.73. The van der Waals surface area contributed by atoms with E-state index < -0.39 is 17.2 Å². The minimum atomic E-state index is -0.711. The van der Waals surface area contributed by atoms with Crippen molar-refractivity contribution in [2.75, 3.05) is 0 Å². The van der Waals surface area contributed by atoms with Crippen LogP contribution >= 0.6 is 0 Å². The molecule has 0 spiro atoms. The van der Waals surface area contributed by atoms with Gasteiger partial charge in [0.15, 0.2) is 0 Å². The summed E-state index contributed by atoms with van der Waals surface area (Å²) in [5.74, 6) is -0.972. The molecule has 0 aliphatic heterocycles. The van der Waals surface area contributed by atoms with Crippen molar-refractivity contribution >= 4 is 0 Å². The summed E-state index contributed by atoms with van der Waals surface area (Å²) in [7, 11) is 0.